The van der Waals surface area contributed by atoms with Gasteiger partial charge in [-0.3, -0.25) is 0 Å². The first kappa shape index (κ1) is 6.93. The number of hydrogen-bond acceptors (Lipinski definition) is 2. The summed E-state index contributed by atoms with van der Waals surface area (Å²) in [6, 6.07) is 0. The largest absolute Gasteiger partial charge is 0.508 e. The molecule has 0 aromatic heterocycles. The van der Waals surface area contributed by atoms with Crippen LogP contribution in [0.4, 0.5) is 0 Å². The third-order valence-corrected chi connectivity index (χ3v) is 1.49. The van der Waals surface area contributed by atoms with Crippen molar-refractivity contribution in [2.75, 3.05) is 0 Å². The van der Waals surface area contributed by atoms with Crippen molar-refractivity contribution in [2.45, 2.75) is 13.3 Å². The van der Waals surface area contributed by atoms with Crippen molar-refractivity contribution in [3.63, 3.8) is 0 Å². The minimum absolute atomic E-state index is 0.145. The molecule has 0 radical (unpaired) electrons. The van der Waals surface area contributed by atoms with E-state index in [-0.39, 0.29) is 11.5 Å². The molecule has 10 heavy (non-hydrogen) atoms. The zero-order valence-corrected chi connectivity index (χ0v) is 5.83. The minimum Gasteiger partial charge on any atom is -0.508 e. The zero-order valence-electron chi connectivity index (χ0n) is 5.83. The lowest BCUT2D eigenvalue weighted by atomic mass is 10.2. The molecule has 0 unspecified atom stereocenters. The third kappa shape index (κ3) is 1.21. The van der Waals surface area contributed by atoms with Crippen LogP contribution < -0.4 is 0 Å². The van der Waals surface area contributed by atoms with Crippen LogP contribution in [-0.2, 0) is 0 Å². The zero-order chi connectivity index (χ0) is 7.56. The van der Waals surface area contributed by atoms with Crippen LogP contribution in [0.15, 0.2) is 35.3 Å². The molecule has 1 aliphatic carbocycles. The first-order valence-electron chi connectivity index (χ1n) is 3.17. The van der Waals surface area contributed by atoms with Crippen molar-refractivity contribution in [1.82, 2.24) is 0 Å². The Balaban J connectivity index is 3.02. The van der Waals surface area contributed by atoms with E-state index >= 15 is 0 Å². The van der Waals surface area contributed by atoms with E-state index in [0.717, 1.165) is 0 Å². The van der Waals surface area contributed by atoms with Crippen molar-refractivity contribution >= 4 is 0 Å². The molecule has 0 amide bonds. The number of rotatable bonds is 0. The highest BCUT2D eigenvalue weighted by Gasteiger charge is 2.03. The van der Waals surface area contributed by atoms with Gasteiger partial charge in [0.05, 0.1) is 0 Å². The Labute approximate surface area is 59.8 Å². The second kappa shape index (κ2) is 2.60. The number of allylic oxidation sites excluding steroid dienone is 4. The lowest BCUT2D eigenvalue weighted by Gasteiger charge is -1.98. The monoisotopic (exact) mass is 138 g/mol. The fourth-order valence-corrected chi connectivity index (χ4v) is 0.769. The summed E-state index contributed by atoms with van der Waals surface area (Å²) < 4.78 is 0. The standard InChI is InChI=1S/C8H10O2/c1-6-7(9)4-2-3-5-8(6)10/h2,4-5,9-10H,3H2,1H3. The van der Waals surface area contributed by atoms with E-state index in [1.54, 1.807) is 25.2 Å². The average Bonchev–Trinajstić information content (AvgIpc) is 2.04. The molecule has 1 rings (SSSR count). The Morgan fingerprint density at radius 1 is 1.40 bits per heavy atom. The molecule has 0 atom stereocenters. The summed E-state index contributed by atoms with van der Waals surface area (Å²) in [7, 11) is 0. The van der Waals surface area contributed by atoms with Crippen molar-refractivity contribution in [2.24, 2.45) is 0 Å². The van der Waals surface area contributed by atoms with E-state index < -0.39 is 0 Å². The van der Waals surface area contributed by atoms with Gasteiger partial charge in [0.2, 0.25) is 0 Å². The van der Waals surface area contributed by atoms with E-state index in [0.29, 0.717) is 12.0 Å². The molecule has 0 aromatic carbocycles. The maximum atomic E-state index is 9.13. The van der Waals surface area contributed by atoms with E-state index in [1.807, 2.05) is 0 Å². The van der Waals surface area contributed by atoms with E-state index in [9.17, 15) is 0 Å². The lowest BCUT2D eigenvalue weighted by Crippen LogP contribution is -1.86. The van der Waals surface area contributed by atoms with Crippen molar-refractivity contribution in [3.05, 3.63) is 35.3 Å². The fraction of sp³-hybridized carbons (Fsp3) is 0.250. The number of hydrogen-bond donors (Lipinski definition) is 2. The van der Waals surface area contributed by atoms with Gasteiger partial charge >= 0.3 is 0 Å². The number of aliphatic hydroxyl groups is 2. The normalized spacial score (nSPS) is 18.7. The molecule has 0 bridgehead atoms. The predicted molar refractivity (Wildman–Crippen MR) is 39.8 cm³/mol. The van der Waals surface area contributed by atoms with Crippen LogP contribution in [-0.4, -0.2) is 10.2 Å². The first-order valence-corrected chi connectivity index (χ1v) is 3.17. The Bertz CT molecular complexity index is 221. The Kier molecular flexibility index (Phi) is 1.81. The summed E-state index contributed by atoms with van der Waals surface area (Å²) in [5, 5.41) is 18.3. The Morgan fingerprint density at radius 2 is 2.10 bits per heavy atom. The first-order chi connectivity index (χ1) is 4.72. The lowest BCUT2D eigenvalue weighted by molar-refractivity contribution is 0.392. The molecule has 2 heteroatoms. The Hall–Kier alpha value is -1.18. The predicted octanol–water partition coefficient (Wildman–Crippen LogP) is 2.22. The van der Waals surface area contributed by atoms with Crippen LogP contribution in [0.5, 0.6) is 0 Å². The minimum atomic E-state index is 0.145. The van der Waals surface area contributed by atoms with Gasteiger partial charge in [-0.25, -0.2) is 0 Å². The number of aliphatic hydroxyl groups excluding tert-OH is 2. The molecule has 1 aliphatic rings. The van der Waals surface area contributed by atoms with E-state index in [2.05, 4.69) is 0 Å². The smallest absolute Gasteiger partial charge is 0.121 e. The second-order valence-electron chi connectivity index (χ2n) is 2.24. The SMILES string of the molecule is CC1=C(O)C=CCC=C1O. The van der Waals surface area contributed by atoms with Crippen molar-refractivity contribution < 1.29 is 10.2 Å². The molecule has 0 saturated carbocycles. The van der Waals surface area contributed by atoms with Gasteiger partial charge in [-0.1, -0.05) is 6.08 Å². The molecule has 2 nitrogen and oxygen atoms in total. The van der Waals surface area contributed by atoms with E-state index in [1.165, 1.54) is 0 Å². The van der Waals surface area contributed by atoms with Gasteiger partial charge in [-0.15, -0.1) is 0 Å². The molecular weight excluding hydrogens is 128 g/mol. The van der Waals surface area contributed by atoms with Crippen LogP contribution in [0.3, 0.4) is 0 Å². The van der Waals surface area contributed by atoms with Crippen LogP contribution >= 0.6 is 0 Å². The second-order valence-corrected chi connectivity index (χ2v) is 2.24. The summed E-state index contributed by atoms with van der Waals surface area (Å²) in [5.74, 6) is 0.314. The Morgan fingerprint density at radius 3 is 2.80 bits per heavy atom. The highest BCUT2D eigenvalue weighted by atomic mass is 16.3. The van der Waals surface area contributed by atoms with Gasteiger partial charge in [0.25, 0.3) is 0 Å². The van der Waals surface area contributed by atoms with Crippen LogP contribution in [0.25, 0.3) is 0 Å². The topological polar surface area (TPSA) is 40.5 Å². The molecular formula is C8H10O2. The van der Waals surface area contributed by atoms with E-state index in [4.69, 9.17) is 10.2 Å². The van der Waals surface area contributed by atoms with Gasteiger partial charge < -0.3 is 10.2 Å². The third-order valence-electron chi connectivity index (χ3n) is 1.49. The van der Waals surface area contributed by atoms with Crippen LogP contribution in [0, 0.1) is 0 Å². The molecule has 0 spiro atoms. The highest BCUT2D eigenvalue weighted by Crippen LogP contribution is 2.15. The maximum Gasteiger partial charge on any atom is 0.121 e. The van der Waals surface area contributed by atoms with Crippen LogP contribution in [0.1, 0.15) is 13.3 Å². The van der Waals surface area contributed by atoms with Gasteiger partial charge in [-0.2, -0.15) is 0 Å². The molecule has 0 aromatic rings. The summed E-state index contributed by atoms with van der Waals surface area (Å²) in [6.45, 7) is 1.68. The molecule has 0 fully saturated rings. The van der Waals surface area contributed by atoms with Gasteiger partial charge in [0.15, 0.2) is 0 Å². The summed E-state index contributed by atoms with van der Waals surface area (Å²) in [4.78, 5) is 0. The molecule has 0 heterocycles. The van der Waals surface area contributed by atoms with Gasteiger partial charge in [0, 0.05) is 5.57 Å². The van der Waals surface area contributed by atoms with Crippen LogP contribution in [0.2, 0.25) is 0 Å². The molecule has 0 aliphatic heterocycles. The summed E-state index contributed by atoms with van der Waals surface area (Å²) in [6.07, 6.45) is 5.72. The fourth-order valence-electron chi connectivity index (χ4n) is 0.769. The van der Waals surface area contributed by atoms with Gasteiger partial charge in [0.1, 0.15) is 11.5 Å². The quantitative estimate of drug-likeness (QED) is 0.538. The average molecular weight is 138 g/mol. The molecule has 2 N–H and O–H groups in total. The maximum absolute atomic E-state index is 9.13. The van der Waals surface area contributed by atoms with Gasteiger partial charge in [-0.05, 0) is 25.5 Å². The summed E-state index contributed by atoms with van der Waals surface area (Å²) >= 11 is 0. The highest BCUT2D eigenvalue weighted by molar-refractivity contribution is 5.33. The molecule has 0 saturated heterocycles. The van der Waals surface area contributed by atoms with Crippen molar-refractivity contribution in [1.29, 1.82) is 0 Å². The summed E-state index contributed by atoms with van der Waals surface area (Å²) in [5.41, 5.74) is 0.536. The van der Waals surface area contributed by atoms with Crippen molar-refractivity contribution in [3.8, 4) is 0 Å². The molecule has 54 valence electrons.